The molecule has 0 unspecified atom stereocenters. The van der Waals surface area contributed by atoms with E-state index in [1.54, 1.807) is 6.20 Å². The number of hydrogen-bond donors (Lipinski definition) is 1. The summed E-state index contributed by atoms with van der Waals surface area (Å²) in [7, 11) is 0. The van der Waals surface area contributed by atoms with Gasteiger partial charge in [0.05, 0.1) is 11.4 Å². The van der Waals surface area contributed by atoms with Crippen LogP contribution in [0.2, 0.25) is 0 Å². The number of anilines is 1. The van der Waals surface area contributed by atoms with Gasteiger partial charge in [-0.25, -0.2) is 4.98 Å². The topological polar surface area (TPSA) is 57.2 Å². The maximum absolute atomic E-state index is 4.82. The number of piperazine rings is 1. The van der Waals surface area contributed by atoms with Crippen molar-refractivity contribution in [1.82, 2.24) is 24.8 Å². The first-order valence-electron chi connectivity index (χ1n) is 13.7. The number of pyridine rings is 3. The molecule has 0 atom stereocenters. The molecular formula is C32H38N6. The highest BCUT2D eigenvalue weighted by atomic mass is 15.3. The molecule has 6 heteroatoms. The van der Waals surface area contributed by atoms with Crippen LogP contribution in [-0.2, 0) is 6.54 Å². The van der Waals surface area contributed by atoms with E-state index in [2.05, 4.69) is 95.2 Å². The third-order valence-electron chi connectivity index (χ3n) is 7.09. The van der Waals surface area contributed by atoms with Crippen LogP contribution in [0.25, 0.3) is 33.6 Å². The summed E-state index contributed by atoms with van der Waals surface area (Å²) in [5.41, 5.74) is 7.45. The van der Waals surface area contributed by atoms with Crippen LogP contribution in [0.15, 0.2) is 79.3 Å². The molecule has 1 aliphatic rings. The summed E-state index contributed by atoms with van der Waals surface area (Å²) >= 11 is 0. The maximum Gasteiger partial charge on any atom is 0.127 e. The van der Waals surface area contributed by atoms with E-state index in [-0.39, 0.29) is 6.04 Å². The SMILES string of the molecule is CC(C)Nc1cc(-c2cncc(-c3ccc(CN4CCN(C(C)C)CC4)cc3)c2)cc(-c2ccccn2)n1. The molecule has 1 aliphatic heterocycles. The summed E-state index contributed by atoms with van der Waals surface area (Å²) in [6.07, 6.45) is 5.67. The summed E-state index contributed by atoms with van der Waals surface area (Å²) in [5.74, 6) is 0.835. The maximum atomic E-state index is 4.82. The van der Waals surface area contributed by atoms with Gasteiger partial charge in [-0.05, 0) is 74.7 Å². The largest absolute Gasteiger partial charge is 0.368 e. The van der Waals surface area contributed by atoms with E-state index in [0.29, 0.717) is 6.04 Å². The number of nitrogens with zero attached hydrogens (tertiary/aromatic N) is 5. The molecule has 4 heterocycles. The van der Waals surface area contributed by atoms with Gasteiger partial charge in [-0.3, -0.25) is 19.8 Å². The Morgan fingerprint density at radius 1 is 0.763 bits per heavy atom. The number of nitrogens with one attached hydrogen (secondary N) is 1. The molecule has 0 bridgehead atoms. The van der Waals surface area contributed by atoms with Crippen molar-refractivity contribution >= 4 is 5.82 Å². The second-order valence-corrected chi connectivity index (χ2v) is 10.7. The average Bonchev–Trinajstić information content (AvgIpc) is 2.94. The molecule has 0 aliphatic carbocycles. The van der Waals surface area contributed by atoms with E-state index in [0.717, 1.165) is 66.6 Å². The molecule has 38 heavy (non-hydrogen) atoms. The van der Waals surface area contributed by atoms with E-state index in [4.69, 9.17) is 4.98 Å². The first kappa shape index (κ1) is 26.0. The van der Waals surface area contributed by atoms with Crippen molar-refractivity contribution in [2.24, 2.45) is 0 Å². The Morgan fingerprint density at radius 3 is 2.16 bits per heavy atom. The van der Waals surface area contributed by atoms with Gasteiger partial charge in [-0.2, -0.15) is 0 Å². The molecule has 1 fully saturated rings. The van der Waals surface area contributed by atoms with Crippen LogP contribution in [0.4, 0.5) is 5.82 Å². The lowest BCUT2D eigenvalue weighted by Crippen LogP contribution is -2.48. The number of aromatic nitrogens is 3. The smallest absolute Gasteiger partial charge is 0.127 e. The minimum atomic E-state index is 0.274. The second-order valence-electron chi connectivity index (χ2n) is 10.7. The van der Waals surface area contributed by atoms with Crippen LogP contribution in [0.3, 0.4) is 0 Å². The second kappa shape index (κ2) is 11.8. The Labute approximate surface area is 226 Å². The predicted molar refractivity (Wildman–Crippen MR) is 157 cm³/mol. The molecule has 3 aromatic heterocycles. The van der Waals surface area contributed by atoms with Gasteiger partial charge in [0.15, 0.2) is 0 Å². The van der Waals surface area contributed by atoms with E-state index in [1.165, 1.54) is 11.1 Å². The fourth-order valence-corrected chi connectivity index (χ4v) is 4.97. The first-order valence-corrected chi connectivity index (χ1v) is 13.7. The van der Waals surface area contributed by atoms with Gasteiger partial charge >= 0.3 is 0 Å². The Kier molecular flexibility index (Phi) is 8.11. The molecule has 6 nitrogen and oxygen atoms in total. The lowest BCUT2D eigenvalue weighted by molar-refractivity contribution is 0.104. The van der Waals surface area contributed by atoms with E-state index >= 15 is 0 Å². The van der Waals surface area contributed by atoms with E-state index in [9.17, 15) is 0 Å². The lowest BCUT2D eigenvalue weighted by Gasteiger charge is -2.36. The average molecular weight is 507 g/mol. The van der Waals surface area contributed by atoms with Crippen LogP contribution in [-0.4, -0.2) is 63.0 Å². The van der Waals surface area contributed by atoms with Gasteiger partial charge in [0.1, 0.15) is 5.82 Å². The molecule has 0 radical (unpaired) electrons. The zero-order valence-electron chi connectivity index (χ0n) is 22.9. The van der Waals surface area contributed by atoms with Crippen molar-refractivity contribution in [2.45, 2.75) is 46.3 Å². The van der Waals surface area contributed by atoms with Crippen molar-refractivity contribution in [3.8, 4) is 33.6 Å². The molecule has 196 valence electrons. The minimum absolute atomic E-state index is 0.274. The molecule has 1 saturated heterocycles. The van der Waals surface area contributed by atoms with Crippen molar-refractivity contribution in [2.75, 3.05) is 31.5 Å². The summed E-state index contributed by atoms with van der Waals surface area (Å²) in [6.45, 7) is 14.4. The van der Waals surface area contributed by atoms with Crippen LogP contribution >= 0.6 is 0 Å². The fourth-order valence-electron chi connectivity index (χ4n) is 4.97. The summed E-state index contributed by atoms with van der Waals surface area (Å²) < 4.78 is 0. The minimum Gasteiger partial charge on any atom is -0.368 e. The van der Waals surface area contributed by atoms with Gasteiger partial charge in [-0.1, -0.05) is 30.3 Å². The molecule has 1 N–H and O–H groups in total. The van der Waals surface area contributed by atoms with Gasteiger partial charge < -0.3 is 5.32 Å². The molecular weight excluding hydrogens is 468 g/mol. The molecule has 1 aromatic carbocycles. The molecule has 0 saturated carbocycles. The summed E-state index contributed by atoms with van der Waals surface area (Å²) in [4.78, 5) is 19.1. The third-order valence-corrected chi connectivity index (χ3v) is 7.09. The third kappa shape index (κ3) is 6.44. The highest BCUT2D eigenvalue weighted by Gasteiger charge is 2.18. The zero-order chi connectivity index (χ0) is 26.5. The quantitative estimate of drug-likeness (QED) is 0.306. The van der Waals surface area contributed by atoms with Crippen molar-refractivity contribution < 1.29 is 0 Å². The van der Waals surface area contributed by atoms with E-state index < -0.39 is 0 Å². The summed E-state index contributed by atoms with van der Waals surface area (Å²) in [5, 5.41) is 3.45. The molecule has 4 aromatic rings. The highest BCUT2D eigenvalue weighted by molar-refractivity contribution is 5.76. The number of rotatable bonds is 8. The fraction of sp³-hybridized carbons (Fsp3) is 0.344. The number of hydrogen-bond acceptors (Lipinski definition) is 6. The lowest BCUT2D eigenvalue weighted by atomic mass is 10.0. The normalized spacial score (nSPS) is 14.8. The van der Waals surface area contributed by atoms with Crippen LogP contribution < -0.4 is 5.32 Å². The van der Waals surface area contributed by atoms with Gasteiger partial charge in [0.2, 0.25) is 0 Å². The zero-order valence-corrected chi connectivity index (χ0v) is 22.9. The molecule has 0 amide bonds. The highest BCUT2D eigenvalue weighted by Crippen LogP contribution is 2.30. The van der Waals surface area contributed by atoms with Crippen LogP contribution in [0, 0.1) is 0 Å². The van der Waals surface area contributed by atoms with E-state index in [1.807, 2.05) is 30.6 Å². The molecule has 5 rings (SSSR count). The Bertz CT molecular complexity index is 1330. The van der Waals surface area contributed by atoms with Crippen molar-refractivity contribution in [3.05, 3.63) is 84.8 Å². The van der Waals surface area contributed by atoms with Crippen molar-refractivity contribution in [3.63, 3.8) is 0 Å². The Hall–Kier alpha value is -3.61. The predicted octanol–water partition coefficient (Wildman–Crippen LogP) is 6.22. The first-order chi connectivity index (χ1) is 18.4. The Morgan fingerprint density at radius 2 is 1.50 bits per heavy atom. The number of benzene rings is 1. The Balaban J connectivity index is 1.36. The van der Waals surface area contributed by atoms with Crippen LogP contribution in [0.5, 0.6) is 0 Å². The van der Waals surface area contributed by atoms with Gasteiger partial charge in [-0.15, -0.1) is 0 Å². The van der Waals surface area contributed by atoms with Crippen molar-refractivity contribution in [1.29, 1.82) is 0 Å². The summed E-state index contributed by atoms with van der Waals surface area (Å²) in [6, 6.07) is 22.2. The molecule has 0 spiro atoms. The van der Waals surface area contributed by atoms with Gasteiger partial charge in [0.25, 0.3) is 0 Å². The monoisotopic (exact) mass is 506 g/mol. The van der Waals surface area contributed by atoms with Gasteiger partial charge in [0, 0.05) is 74.5 Å². The standard InChI is InChI=1S/C32H38N6/c1-23(2)35-32-19-27(18-31(36-32)30-7-5-6-12-34-30)29-17-28(20-33-21-29)26-10-8-25(9-11-26)22-37-13-15-38(16-14-37)24(3)4/h5-12,17-21,23-24H,13-16,22H2,1-4H3,(H,35,36). The van der Waals surface area contributed by atoms with Crippen LogP contribution in [0.1, 0.15) is 33.3 Å².